The molecule has 29 heavy (non-hydrogen) atoms. The Bertz CT molecular complexity index is 1110. The number of hydrogen-bond donors (Lipinski definition) is 1. The minimum atomic E-state index is -3.77. The number of hydrogen-bond acceptors (Lipinski definition) is 7. The van der Waals surface area contributed by atoms with Crippen LogP contribution in [0.5, 0.6) is 0 Å². The Morgan fingerprint density at radius 2 is 1.76 bits per heavy atom. The molecule has 3 rings (SSSR count). The van der Waals surface area contributed by atoms with Crippen LogP contribution in [0.3, 0.4) is 0 Å². The van der Waals surface area contributed by atoms with Crippen molar-refractivity contribution in [2.45, 2.75) is 23.6 Å². The van der Waals surface area contributed by atoms with Crippen molar-refractivity contribution in [2.24, 2.45) is 0 Å². The third kappa shape index (κ3) is 4.06. The molecule has 0 radical (unpaired) electrons. The summed E-state index contributed by atoms with van der Waals surface area (Å²) in [4.78, 5) is 14.3. The van der Waals surface area contributed by atoms with Crippen LogP contribution < -0.4 is 4.72 Å². The first kappa shape index (κ1) is 21.4. The molecule has 0 unspecified atom stereocenters. The summed E-state index contributed by atoms with van der Waals surface area (Å²) in [5.41, 5.74) is 0.520. The molecule has 12 heteroatoms. The third-order valence-electron chi connectivity index (χ3n) is 4.75. The van der Waals surface area contributed by atoms with Crippen molar-refractivity contribution in [1.29, 1.82) is 0 Å². The van der Waals surface area contributed by atoms with E-state index in [1.807, 2.05) is 0 Å². The molecular formula is C17H22N4O6S2. The fraction of sp³-hybridized carbons (Fsp3) is 0.412. The van der Waals surface area contributed by atoms with Gasteiger partial charge in [-0.3, -0.25) is 4.79 Å². The topological polar surface area (TPSA) is 130 Å². The fourth-order valence-corrected chi connectivity index (χ4v) is 5.69. The molecule has 1 aliphatic rings. The summed E-state index contributed by atoms with van der Waals surface area (Å²) >= 11 is 0. The first-order valence-corrected chi connectivity index (χ1v) is 11.8. The van der Waals surface area contributed by atoms with E-state index in [9.17, 15) is 21.6 Å². The van der Waals surface area contributed by atoms with E-state index in [-0.39, 0.29) is 53.2 Å². The Kier molecular flexibility index (Phi) is 5.81. The van der Waals surface area contributed by atoms with Crippen LogP contribution in [-0.4, -0.2) is 70.3 Å². The van der Waals surface area contributed by atoms with Crippen LogP contribution in [0.25, 0.3) is 0 Å². The van der Waals surface area contributed by atoms with Crippen molar-refractivity contribution in [3.8, 4) is 0 Å². The highest BCUT2D eigenvalue weighted by Crippen LogP contribution is 2.24. The van der Waals surface area contributed by atoms with Gasteiger partial charge in [-0.25, -0.2) is 21.6 Å². The zero-order valence-electron chi connectivity index (χ0n) is 16.2. The largest absolute Gasteiger partial charge is 0.360 e. The summed E-state index contributed by atoms with van der Waals surface area (Å²) in [6, 6.07) is 5.73. The molecule has 2 aromatic rings. The second-order valence-electron chi connectivity index (χ2n) is 6.58. The molecule has 0 bridgehead atoms. The number of carbonyl (C=O) groups excluding carboxylic acids is 1. The minimum absolute atomic E-state index is 0.00882. The van der Waals surface area contributed by atoms with Crippen molar-refractivity contribution in [3.63, 3.8) is 0 Å². The number of carbonyl (C=O) groups is 1. The summed E-state index contributed by atoms with van der Waals surface area (Å²) in [5.74, 6) is -0.129. The lowest BCUT2D eigenvalue weighted by Gasteiger charge is -2.34. The molecule has 10 nitrogen and oxygen atoms in total. The Hall–Kier alpha value is -2.28. The molecule has 1 amide bonds. The van der Waals surface area contributed by atoms with Gasteiger partial charge in [-0.1, -0.05) is 11.2 Å². The summed E-state index contributed by atoms with van der Waals surface area (Å²) in [7, 11) is -6.15. The van der Waals surface area contributed by atoms with Crippen molar-refractivity contribution in [1.82, 2.24) is 19.1 Å². The van der Waals surface area contributed by atoms with Crippen molar-refractivity contribution >= 4 is 26.0 Å². The van der Waals surface area contributed by atoms with Gasteiger partial charge in [0.2, 0.25) is 20.0 Å². The van der Waals surface area contributed by atoms with E-state index in [1.165, 1.54) is 40.5 Å². The Balaban J connectivity index is 1.75. The number of piperazine rings is 1. The zero-order chi connectivity index (χ0) is 21.4. The van der Waals surface area contributed by atoms with Crippen molar-refractivity contribution in [2.75, 3.05) is 33.2 Å². The summed E-state index contributed by atoms with van der Waals surface area (Å²) in [6.45, 7) is 3.71. The lowest BCUT2D eigenvalue weighted by molar-refractivity contribution is 0.0697. The molecule has 1 aliphatic heterocycles. The van der Waals surface area contributed by atoms with Gasteiger partial charge in [-0.05, 0) is 39.1 Å². The van der Waals surface area contributed by atoms with Crippen LogP contribution in [0.2, 0.25) is 0 Å². The molecule has 0 saturated carbocycles. The third-order valence-corrected chi connectivity index (χ3v) is 8.31. The first-order chi connectivity index (χ1) is 13.6. The SMILES string of the molecule is CNS(=O)(=O)c1cccc(C(=O)N2CCN(S(=O)(=O)c3c(C)noc3C)CC2)c1. The maximum Gasteiger partial charge on any atom is 0.253 e. The number of aryl methyl sites for hydroxylation is 2. The predicted molar refractivity (Wildman–Crippen MR) is 103 cm³/mol. The molecule has 1 saturated heterocycles. The van der Waals surface area contributed by atoms with Crippen LogP contribution in [0, 0.1) is 13.8 Å². The quantitative estimate of drug-likeness (QED) is 0.707. The van der Waals surface area contributed by atoms with Gasteiger partial charge in [0.25, 0.3) is 5.91 Å². The lowest BCUT2D eigenvalue weighted by atomic mass is 10.2. The molecule has 0 atom stereocenters. The molecular weight excluding hydrogens is 420 g/mol. The molecule has 1 fully saturated rings. The van der Waals surface area contributed by atoms with Gasteiger partial charge >= 0.3 is 0 Å². The second kappa shape index (κ2) is 7.86. The van der Waals surface area contributed by atoms with Gasteiger partial charge in [0.1, 0.15) is 10.6 Å². The highest BCUT2D eigenvalue weighted by molar-refractivity contribution is 7.89. The van der Waals surface area contributed by atoms with Crippen molar-refractivity contribution < 1.29 is 26.2 Å². The van der Waals surface area contributed by atoms with Crippen LogP contribution >= 0.6 is 0 Å². The van der Waals surface area contributed by atoms with E-state index in [0.717, 1.165) is 0 Å². The van der Waals surface area contributed by atoms with Crippen LogP contribution in [0.15, 0.2) is 38.6 Å². The highest BCUT2D eigenvalue weighted by Gasteiger charge is 2.34. The number of nitrogens with zero attached hydrogens (tertiary/aromatic N) is 3. The van der Waals surface area contributed by atoms with E-state index in [2.05, 4.69) is 9.88 Å². The lowest BCUT2D eigenvalue weighted by Crippen LogP contribution is -2.50. The Morgan fingerprint density at radius 1 is 1.10 bits per heavy atom. The van der Waals surface area contributed by atoms with Crippen LogP contribution in [-0.2, 0) is 20.0 Å². The van der Waals surface area contributed by atoms with Gasteiger partial charge < -0.3 is 9.42 Å². The fourth-order valence-electron chi connectivity index (χ4n) is 3.20. The molecule has 1 aromatic carbocycles. The number of rotatable bonds is 5. The monoisotopic (exact) mass is 442 g/mol. The molecule has 1 aromatic heterocycles. The number of aromatic nitrogens is 1. The standard InChI is InChI=1S/C17H22N4O6S2/c1-12-16(13(2)27-19-12)29(25,26)21-9-7-20(8-10-21)17(22)14-5-4-6-15(11-14)28(23,24)18-3/h4-6,11,18H,7-10H2,1-3H3. The van der Waals surface area contributed by atoms with Gasteiger partial charge in [0, 0.05) is 31.7 Å². The van der Waals surface area contributed by atoms with E-state index in [0.29, 0.717) is 5.69 Å². The molecule has 158 valence electrons. The van der Waals surface area contributed by atoms with E-state index < -0.39 is 20.0 Å². The van der Waals surface area contributed by atoms with E-state index in [1.54, 1.807) is 13.8 Å². The second-order valence-corrected chi connectivity index (χ2v) is 10.3. The summed E-state index contributed by atoms with van der Waals surface area (Å²) in [6.07, 6.45) is 0. The molecule has 1 N–H and O–H groups in total. The minimum Gasteiger partial charge on any atom is -0.360 e. The highest BCUT2D eigenvalue weighted by atomic mass is 32.2. The Morgan fingerprint density at radius 3 is 2.31 bits per heavy atom. The smallest absolute Gasteiger partial charge is 0.253 e. The average molecular weight is 443 g/mol. The van der Waals surface area contributed by atoms with Crippen molar-refractivity contribution in [3.05, 3.63) is 41.3 Å². The van der Waals surface area contributed by atoms with Gasteiger partial charge in [-0.2, -0.15) is 4.31 Å². The normalized spacial score (nSPS) is 16.2. The van der Waals surface area contributed by atoms with Crippen LogP contribution in [0.1, 0.15) is 21.8 Å². The Labute approximate surface area is 169 Å². The molecule has 2 heterocycles. The zero-order valence-corrected chi connectivity index (χ0v) is 17.9. The number of nitrogens with one attached hydrogen (secondary N) is 1. The van der Waals surface area contributed by atoms with Gasteiger partial charge in [-0.15, -0.1) is 0 Å². The molecule has 0 spiro atoms. The molecule has 0 aliphatic carbocycles. The summed E-state index contributed by atoms with van der Waals surface area (Å²) < 4.78 is 58.1. The van der Waals surface area contributed by atoms with Gasteiger partial charge in [0.05, 0.1) is 4.90 Å². The van der Waals surface area contributed by atoms with Gasteiger partial charge in [0.15, 0.2) is 5.76 Å². The van der Waals surface area contributed by atoms with E-state index in [4.69, 9.17) is 4.52 Å². The van der Waals surface area contributed by atoms with E-state index >= 15 is 0 Å². The number of amides is 1. The number of benzene rings is 1. The maximum absolute atomic E-state index is 12.9. The maximum atomic E-state index is 12.9. The van der Waals surface area contributed by atoms with Crippen LogP contribution in [0.4, 0.5) is 0 Å². The number of sulfonamides is 2. The average Bonchev–Trinajstić information content (AvgIpc) is 3.06. The predicted octanol–water partition coefficient (Wildman–Crippen LogP) is 0.346. The summed E-state index contributed by atoms with van der Waals surface area (Å²) in [5, 5.41) is 3.70. The first-order valence-electron chi connectivity index (χ1n) is 8.84.